The summed E-state index contributed by atoms with van der Waals surface area (Å²) in [5.41, 5.74) is 0.522. The Morgan fingerprint density at radius 3 is 2.15 bits per heavy atom. The molecule has 0 aromatic rings. The molecule has 1 heteroatoms. The molecular weight excluding hydrogens is 158 g/mol. The van der Waals surface area contributed by atoms with E-state index >= 15 is 0 Å². The number of hydrogen-bond acceptors (Lipinski definition) is 1. The zero-order valence-corrected chi connectivity index (χ0v) is 9.93. The molecular formula is C12H25N. The fourth-order valence-electron chi connectivity index (χ4n) is 2.34. The van der Waals surface area contributed by atoms with Gasteiger partial charge in [-0.15, -0.1) is 0 Å². The Balaban J connectivity index is 2.12. The minimum absolute atomic E-state index is 0.522. The van der Waals surface area contributed by atoms with Gasteiger partial charge in [0, 0.05) is 19.6 Å². The first kappa shape index (κ1) is 11.0. The highest BCUT2D eigenvalue weighted by Gasteiger charge is 2.29. The fraction of sp³-hybridized carbons (Fsp3) is 1.00. The molecule has 1 aliphatic rings. The van der Waals surface area contributed by atoms with E-state index in [0.29, 0.717) is 5.41 Å². The monoisotopic (exact) mass is 183 g/mol. The molecule has 0 bridgehead atoms. The smallest absolute Gasteiger partial charge is 0.00223 e. The zero-order chi connectivity index (χ0) is 10.1. The molecule has 0 saturated carbocycles. The van der Waals surface area contributed by atoms with Gasteiger partial charge in [-0.1, -0.05) is 34.6 Å². The second-order valence-corrected chi connectivity index (χ2v) is 6.24. The summed E-state index contributed by atoms with van der Waals surface area (Å²) in [6.45, 7) is 15.6. The van der Waals surface area contributed by atoms with Gasteiger partial charge in [-0.25, -0.2) is 0 Å². The largest absolute Gasteiger partial charge is 0.302 e. The lowest BCUT2D eigenvalue weighted by Crippen LogP contribution is -2.49. The molecule has 0 aliphatic carbocycles. The van der Waals surface area contributed by atoms with Gasteiger partial charge in [-0.2, -0.15) is 0 Å². The number of nitrogens with zero attached hydrogens (tertiary/aromatic N) is 1. The van der Waals surface area contributed by atoms with Gasteiger partial charge in [0.25, 0.3) is 0 Å². The summed E-state index contributed by atoms with van der Waals surface area (Å²) in [5.74, 6) is 1.80. The van der Waals surface area contributed by atoms with Crippen molar-refractivity contribution in [2.24, 2.45) is 17.3 Å². The molecule has 1 fully saturated rings. The van der Waals surface area contributed by atoms with Crippen LogP contribution >= 0.6 is 0 Å². The molecule has 0 spiro atoms. The normalized spacial score (nSPS) is 20.8. The molecule has 0 N–H and O–H groups in total. The van der Waals surface area contributed by atoms with Crippen LogP contribution in [0.1, 0.15) is 41.0 Å². The van der Waals surface area contributed by atoms with Gasteiger partial charge >= 0.3 is 0 Å². The highest BCUT2D eigenvalue weighted by Crippen LogP contribution is 2.30. The lowest BCUT2D eigenvalue weighted by molar-refractivity contribution is 0.0593. The van der Waals surface area contributed by atoms with Crippen molar-refractivity contribution in [3.63, 3.8) is 0 Å². The van der Waals surface area contributed by atoms with E-state index in [4.69, 9.17) is 0 Å². The summed E-state index contributed by atoms with van der Waals surface area (Å²) in [7, 11) is 0. The Bertz CT molecular complexity index is 149. The summed E-state index contributed by atoms with van der Waals surface area (Å²) in [4.78, 5) is 2.58. The van der Waals surface area contributed by atoms with Crippen molar-refractivity contribution in [2.75, 3.05) is 19.6 Å². The zero-order valence-electron chi connectivity index (χ0n) is 9.93. The second kappa shape index (κ2) is 4.00. The molecule has 78 valence electrons. The van der Waals surface area contributed by atoms with E-state index in [-0.39, 0.29) is 0 Å². The van der Waals surface area contributed by atoms with E-state index < -0.39 is 0 Å². The maximum Gasteiger partial charge on any atom is 0.00223 e. The predicted molar refractivity (Wildman–Crippen MR) is 58.8 cm³/mol. The fourth-order valence-corrected chi connectivity index (χ4v) is 2.34. The minimum Gasteiger partial charge on any atom is -0.302 e. The van der Waals surface area contributed by atoms with Crippen molar-refractivity contribution >= 4 is 0 Å². The van der Waals surface area contributed by atoms with Gasteiger partial charge in [0.05, 0.1) is 0 Å². The standard InChI is InChI=1S/C12H25N/c1-10(2)7-13-8-11(9-13)6-12(3,4)5/h10-11H,6-9H2,1-5H3. The Morgan fingerprint density at radius 1 is 1.23 bits per heavy atom. The van der Waals surface area contributed by atoms with Crippen molar-refractivity contribution in [3.05, 3.63) is 0 Å². The van der Waals surface area contributed by atoms with Crippen LogP contribution in [0.15, 0.2) is 0 Å². The van der Waals surface area contributed by atoms with E-state index in [0.717, 1.165) is 11.8 Å². The average molecular weight is 183 g/mol. The quantitative estimate of drug-likeness (QED) is 0.650. The third-order valence-corrected chi connectivity index (χ3v) is 2.56. The lowest BCUT2D eigenvalue weighted by atomic mass is 9.81. The van der Waals surface area contributed by atoms with Crippen LogP contribution < -0.4 is 0 Å². The Morgan fingerprint density at radius 2 is 1.77 bits per heavy atom. The van der Waals surface area contributed by atoms with Gasteiger partial charge in [0.15, 0.2) is 0 Å². The first-order valence-corrected chi connectivity index (χ1v) is 5.59. The summed E-state index contributed by atoms with van der Waals surface area (Å²) >= 11 is 0. The first-order valence-electron chi connectivity index (χ1n) is 5.59. The molecule has 0 atom stereocenters. The molecule has 0 unspecified atom stereocenters. The summed E-state index contributed by atoms with van der Waals surface area (Å²) in [6, 6.07) is 0. The van der Waals surface area contributed by atoms with E-state index in [1.807, 2.05) is 0 Å². The molecule has 1 saturated heterocycles. The average Bonchev–Trinajstić information content (AvgIpc) is 1.78. The van der Waals surface area contributed by atoms with Gasteiger partial charge in [0.1, 0.15) is 0 Å². The SMILES string of the molecule is CC(C)CN1CC(CC(C)(C)C)C1. The molecule has 1 aliphatic heterocycles. The van der Waals surface area contributed by atoms with Gasteiger partial charge < -0.3 is 4.90 Å². The van der Waals surface area contributed by atoms with Crippen LogP contribution in [0, 0.1) is 17.3 Å². The van der Waals surface area contributed by atoms with Crippen molar-refractivity contribution in [2.45, 2.75) is 41.0 Å². The predicted octanol–water partition coefficient (Wildman–Crippen LogP) is 3.01. The number of rotatable bonds is 3. The molecule has 1 nitrogen and oxygen atoms in total. The van der Waals surface area contributed by atoms with Gasteiger partial charge in [-0.05, 0) is 23.7 Å². The van der Waals surface area contributed by atoms with Crippen LogP contribution in [0.5, 0.6) is 0 Å². The summed E-state index contributed by atoms with van der Waals surface area (Å²) in [6.07, 6.45) is 1.39. The van der Waals surface area contributed by atoms with Crippen molar-refractivity contribution in [1.82, 2.24) is 4.90 Å². The highest BCUT2D eigenvalue weighted by molar-refractivity contribution is 4.83. The molecule has 13 heavy (non-hydrogen) atoms. The maximum absolute atomic E-state index is 2.58. The third kappa shape index (κ3) is 4.12. The van der Waals surface area contributed by atoms with Crippen LogP contribution in [0.25, 0.3) is 0 Å². The number of hydrogen-bond donors (Lipinski definition) is 0. The molecule has 0 amide bonds. The molecule has 0 radical (unpaired) electrons. The lowest BCUT2D eigenvalue weighted by Gasteiger charge is -2.43. The topological polar surface area (TPSA) is 3.24 Å². The first-order chi connectivity index (χ1) is 5.87. The Hall–Kier alpha value is -0.0400. The van der Waals surface area contributed by atoms with Gasteiger partial charge in [0.2, 0.25) is 0 Å². The third-order valence-electron chi connectivity index (χ3n) is 2.56. The molecule has 0 aromatic carbocycles. The second-order valence-electron chi connectivity index (χ2n) is 6.24. The van der Waals surface area contributed by atoms with Gasteiger partial charge in [-0.3, -0.25) is 0 Å². The molecule has 1 heterocycles. The van der Waals surface area contributed by atoms with E-state index in [9.17, 15) is 0 Å². The Kier molecular flexibility index (Phi) is 3.39. The van der Waals surface area contributed by atoms with Crippen LogP contribution in [0.2, 0.25) is 0 Å². The minimum atomic E-state index is 0.522. The number of likely N-dealkylation sites (tertiary alicyclic amines) is 1. The van der Waals surface area contributed by atoms with Crippen LogP contribution in [-0.2, 0) is 0 Å². The summed E-state index contributed by atoms with van der Waals surface area (Å²) < 4.78 is 0. The van der Waals surface area contributed by atoms with Crippen LogP contribution in [0.3, 0.4) is 0 Å². The maximum atomic E-state index is 2.58. The summed E-state index contributed by atoms with van der Waals surface area (Å²) in [5, 5.41) is 0. The van der Waals surface area contributed by atoms with E-state index in [1.165, 1.54) is 26.1 Å². The van der Waals surface area contributed by atoms with E-state index in [1.54, 1.807) is 0 Å². The van der Waals surface area contributed by atoms with E-state index in [2.05, 4.69) is 39.5 Å². The van der Waals surface area contributed by atoms with Crippen molar-refractivity contribution in [1.29, 1.82) is 0 Å². The van der Waals surface area contributed by atoms with Crippen LogP contribution in [0.4, 0.5) is 0 Å². The van der Waals surface area contributed by atoms with Crippen LogP contribution in [-0.4, -0.2) is 24.5 Å². The van der Waals surface area contributed by atoms with Crippen molar-refractivity contribution in [3.8, 4) is 0 Å². The van der Waals surface area contributed by atoms with Crippen molar-refractivity contribution < 1.29 is 0 Å². The molecule has 0 aromatic heterocycles. The Labute approximate surface area is 83.5 Å². The molecule has 1 rings (SSSR count). The highest BCUT2D eigenvalue weighted by atomic mass is 15.2.